The molecule has 0 aliphatic carbocycles. The second kappa shape index (κ2) is 5.83. The number of carbonyl (C=O) groups is 2. The highest BCUT2D eigenvalue weighted by Crippen LogP contribution is 2.31. The Labute approximate surface area is 144 Å². The number of urea groups is 1. The van der Waals surface area contributed by atoms with Crippen LogP contribution in [0, 0.1) is 0 Å². The van der Waals surface area contributed by atoms with Gasteiger partial charge in [-0.3, -0.25) is 14.4 Å². The van der Waals surface area contributed by atoms with Crippen LogP contribution in [-0.2, 0) is 23.9 Å². The first kappa shape index (κ1) is 16.3. The molecule has 0 radical (unpaired) electrons. The second-order valence-corrected chi connectivity index (χ2v) is 6.21. The molecule has 0 spiro atoms. The van der Waals surface area contributed by atoms with Gasteiger partial charge in [-0.05, 0) is 24.6 Å². The highest BCUT2D eigenvalue weighted by Gasteiger charge is 2.49. The summed E-state index contributed by atoms with van der Waals surface area (Å²) in [7, 11) is 3.30. The van der Waals surface area contributed by atoms with Crippen LogP contribution < -0.4 is 10.1 Å². The van der Waals surface area contributed by atoms with Crippen LogP contribution in [0.15, 0.2) is 30.6 Å². The first-order valence-electron chi connectivity index (χ1n) is 7.31. The number of methoxy groups -OCH3 is 1. The lowest BCUT2D eigenvalue weighted by Gasteiger charge is -2.20. The SMILES string of the molecule is COc1ccc(CN2C(=O)N[C@](C)(c3cnn(C)c3)C2=O)c(Cl)c1. The number of amides is 3. The van der Waals surface area contributed by atoms with Crippen LogP contribution in [0.2, 0.25) is 5.02 Å². The highest BCUT2D eigenvalue weighted by molar-refractivity contribution is 6.31. The number of hydrogen-bond donors (Lipinski definition) is 1. The fourth-order valence-electron chi connectivity index (χ4n) is 2.67. The summed E-state index contributed by atoms with van der Waals surface area (Å²) in [6.07, 6.45) is 3.28. The van der Waals surface area contributed by atoms with E-state index in [2.05, 4.69) is 10.4 Å². The van der Waals surface area contributed by atoms with Crippen molar-refractivity contribution in [2.75, 3.05) is 7.11 Å². The van der Waals surface area contributed by atoms with Gasteiger partial charge in [-0.1, -0.05) is 17.7 Å². The van der Waals surface area contributed by atoms with Crippen LogP contribution in [0.5, 0.6) is 5.75 Å². The standard InChI is InChI=1S/C16H17ClN4O3/c1-16(11-7-18-20(2)9-11)14(22)21(15(23)19-16)8-10-4-5-12(24-3)6-13(10)17/h4-7,9H,8H2,1-3H3,(H,19,23)/t16-/m1/s1. The maximum absolute atomic E-state index is 12.8. The minimum absolute atomic E-state index is 0.0867. The third kappa shape index (κ3) is 2.60. The van der Waals surface area contributed by atoms with Gasteiger partial charge in [0.25, 0.3) is 5.91 Å². The normalized spacial score (nSPS) is 20.4. The van der Waals surface area contributed by atoms with Gasteiger partial charge in [0.2, 0.25) is 0 Å². The van der Waals surface area contributed by atoms with Crippen molar-refractivity contribution in [2.24, 2.45) is 7.05 Å². The smallest absolute Gasteiger partial charge is 0.325 e. The maximum atomic E-state index is 12.8. The lowest BCUT2D eigenvalue weighted by atomic mass is 9.95. The van der Waals surface area contributed by atoms with Crippen LogP contribution in [0.4, 0.5) is 4.79 Å². The number of carbonyl (C=O) groups excluding carboxylic acids is 2. The molecular weight excluding hydrogens is 332 g/mol. The predicted molar refractivity (Wildman–Crippen MR) is 87.6 cm³/mol. The summed E-state index contributed by atoms with van der Waals surface area (Å²) >= 11 is 6.21. The molecule has 2 heterocycles. The molecule has 7 nitrogen and oxygen atoms in total. The molecule has 0 unspecified atom stereocenters. The number of rotatable bonds is 4. The molecule has 126 valence electrons. The molecule has 24 heavy (non-hydrogen) atoms. The third-order valence-corrected chi connectivity index (χ3v) is 4.50. The minimum Gasteiger partial charge on any atom is -0.497 e. The molecule has 1 fully saturated rings. The largest absolute Gasteiger partial charge is 0.497 e. The fourth-order valence-corrected chi connectivity index (χ4v) is 2.90. The second-order valence-electron chi connectivity index (χ2n) is 5.81. The molecule has 8 heteroatoms. The Bertz CT molecular complexity index is 819. The monoisotopic (exact) mass is 348 g/mol. The first-order valence-corrected chi connectivity index (χ1v) is 7.68. The number of benzene rings is 1. The number of aryl methyl sites for hydroxylation is 1. The molecule has 0 saturated carbocycles. The van der Waals surface area contributed by atoms with Gasteiger partial charge in [0, 0.05) is 23.8 Å². The Morgan fingerprint density at radius 2 is 2.12 bits per heavy atom. The lowest BCUT2D eigenvalue weighted by Crippen LogP contribution is -2.40. The Balaban J connectivity index is 1.87. The molecule has 0 bridgehead atoms. The van der Waals surface area contributed by atoms with E-state index >= 15 is 0 Å². The predicted octanol–water partition coefficient (Wildman–Crippen LogP) is 2.05. The number of imide groups is 1. The molecule has 1 aliphatic rings. The topological polar surface area (TPSA) is 76.5 Å². The number of ether oxygens (including phenoxy) is 1. The summed E-state index contributed by atoms with van der Waals surface area (Å²) in [6, 6.07) is 4.66. The van der Waals surface area contributed by atoms with Crippen LogP contribution in [0.25, 0.3) is 0 Å². The van der Waals surface area contributed by atoms with Gasteiger partial charge >= 0.3 is 6.03 Å². The van der Waals surface area contributed by atoms with Crippen molar-refractivity contribution in [3.05, 3.63) is 46.7 Å². The van der Waals surface area contributed by atoms with E-state index < -0.39 is 11.6 Å². The van der Waals surface area contributed by atoms with Gasteiger partial charge in [0.05, 0.1) is 19.9 Å². The van der Waals surface area contributed by atoms with Crippen molar-refractivity contribution in [1.29, 1.82) is 0 Å². The maximum Gasteiger partial charge on any atom is 0.325 e. The minimum atomic E-state index is -1.13. The fraction of sp³-hybridized carbons (Fsp3) is 0.312. The van der Waals surface area contributed by atoms with Crippen LogP contribution >= 0.6 is 11.6 Å². The summed E-state index contributed by atoms with van der Waals surface area (Å²) in [5.74, 6) is 0.272. The average Bonchev–Trinajstić information content (AvgIpc) is 3.07. The molecule has 3 rings (SSSR count). The van der Waals surface area contributed by atoms with Crippen molar-refractivity contribution in [1.82, 2.24) is 20.0 Å². The van der Waals surface area contributed by atoms with Gasteiger partial charge in [-0.25, -0.2) is 4.79 Å². The van der Waals surface area contributed by atoms with Crippen molar-refractivity contribution < 1.29 is 14.3 Å². The van der Waals surface area contributed by atoms with Gasteiger partial charge in [0.1, 0.15) is 11.3 Å². The van der Waals surface area contributed by atoms with E-state index in [1.807, 2.05) is 0 Å². The van der Waals surface area contributed by atoms with Crippen molar-refractivity contribution in [2.45, 2.75) is 19.0 Å². The summed E-state index contributed by atoms with van der Waals surface area (Å²) in [4.78, 5) is 26.3. The molecule has 1 aliphatic heterocycles. The van der Waals surface area contributed by atoms with E-state index in [0.717, 1.165) is 4.90 Å². The van der Waals surface area contributed by atoms with Gasteiger partial charge < -0.3 is 10.1 Å². The number of nitrogens with zero attached hydrogens (tertiary/aromatic N) is 3. The molecule has 3 amide bonds. The Kier molecular flexibility index (Phi) is 3.96. The van der Waals surface area contributed by atoms with Crippen molar-refractivity contribution >= 4 is 23.5 Å². The zero-order valence-corrected chi connectivity index (χ0v) is 14.3. The number of hydrogen-bond acceptors (Lipinski definition) is 4. The average molecular weight is 349 g/mol. The van der Waals surface area contributed by atoms with E-state index in [1.54, 1.807) is 56.4 Å². The molecule has 1 aromatic heterocycles. The summed E-state index contributed by atoms with van der Waals surface area (Å²) < 4.78 is 6.69. The first-order chi connectivity index (χ1) is 11.3. The van der Waals surface area contributed by atoms with E-state index in [9.17, 15) is 9.59 Å². The summed E-state index contributed by atoms with van der Waals surface area (Å²) in [5, 5.41) is 7.24. The van der Waals surface area contributed by atoms with E-state index in [-0.39, 0.29) is 12.5 Å². The van der Waals surface area contributed by atoms with E-state index in [4.69, 9.17) is 16.3 Å². The lowest BCUT2D eigenvalue weighted by molar-refractivity contribution is -0.131. The Morgan fingerprint density at radius 3 is 2.71 bits per heavy atom. The van der Waals surface area contributed by atoms with E-state index in [1.165, 1.54) is 0 Å². The van der Waals surface area contributed by atoms with Gasteiger partial charge in [-0.15, -0.1) is 0 Å². The van der Waals surface area contributed by atoms with Crippen LogP contribution in [0.1, 0.15) is 18.1 Å². The number of aromatic nitrogens is 2. The quantitative estimate of drug-likeness (QED) is 0.858. The van der Waals surface area contributed by atoms with Crippen molar-refractivity contribution in [3.8, 4) is 5.75 Å². The van der Waals surface area contributed by atoms with E-state index in [0.29, 0.717) is 21.9 Å². The molecule has 1 saturated heterocycles. The molecule has 2 aromatic rings. The zero-order chi connectivity index (χ0) is 17.5. The highest BCUT2D eigenvalue weighted by atomic mass is 35.5. The zero-order valence-electron chi connectivity index (χ0n) is 13.5. The Morgan fingerprint density at radius 1 is 1.38 bits per heavy atom. The van der Waals surface area contributed by atoms with Crippen LogP contribution in [0.3, 0.4) is 0 Å². The van der Waals surface area contributed by atoms with Crippen molar-refractivity contribution in [3.63, 3.8) is 0 Å². The Hall–Kier alpha value is -2.54. The number of halogens is 1. The number of nitrogens with one attached hydrogen (secondary N) is 1. The summed E-state index contributed by atoms with van der Waals surface area (Å²) in [5.41, 5.74) is 0.160. The molecule has 1 aromatic carbocycles. The third-order valence-electron chi connectivity index (χ3n) is 4.15. The molecule has 1 atom stereocenters. The van der Waals surface area contributed by atoms with Gasteiger partial charge in [-0.2, -0.15) is 5.10 Å². The van der Waals surface area contributed by atoms with Crippen LogP contribution in [-0.4, -0.2) is 33.7 Å². The van der Waals surface area contributed by atoms with Gasteiger partial charge in [0.15, 0.2) is 0 Å². The molecular formula is C16H17ClN4O3. The summed E-state index contributed by atoms with van der Waals surface area (Å²) in [6.45, 7) is 1.75. The molecule has 1 N–H and O–H groups in total.